The van der Waals surface area contributed by atoms with E-state index < -0.39 is 0 Å². The molecular formula is C20H20Br4N4. The van der Waals surface area contributed by atoms with Crippen molar-refractivity contribution in [3.8, 4) is 22.3 Å². The van der Waals surface area contributed by atoms with Gasteiger partial charge in [0.1, 0.15) is 0 Å². The summed E-state index contributed by atoms with van der Waals surface area (Å²) in [5.74, 6) is 0. The van der Waals surface area contributed by atoms with Crippen LogP contribution in [0.2, 0.25) is 0 Å². The molecule has 0 saturated carbocycles. The fraction of sp³-hybridized carbons (Fsp3) is 0. The molecule has 8 heteroatoms. The minimum atomic E-state index is 0. The average molecular weight is 636 g/mol. The summed E-state index contributed by atoms with van der Waals surface area (Å²) in [6.45, 7) is 0. The fourth-order valence-electron chi connectivity index (χ4n) is 2.18. The van der Waals surface area contributed by atoms with Crippen LogP contribution in [0.25, 0.3) is 22.3 Å². The minimum absolute atomic E-state index is 0. The summed E-state index contributed by atoms with van der Waals surface area (Å²) in [5.41, 5.74) is 4.69. The number of hydrogen-bond acceptors (Lipinski definition) is 4. The van der Waals surface area contributed by atoms with Crippen molar-refractivity contribution in [2.75, 3.05) is 0 Å². The summed E-state index contributed by atoms with van der Waals surface area (Å²) < 4.78 is 0. The fourth-order valence-corrected chi connectivity index (χ4v) is 2.18. The molecule has 4 rings (SSSR count). The predicted octanol–water partition coefficient (Wildman–Crippen LogP) is 6.60. The van der Waals surface area contributed by atoms with Crippen LogP contribution in [0.5, 0.6) is 0 Å². The molecule has 0 radical (unpaired) electrons. The van der Waals surface area contributed by atoms with Crippen molar-refractivity contribution in [2.24, 2.45) is 0 Å². The first-order chi connectivity index (χ1) is 11.9. The van der Waals surface area contributed by atoms with E-state index >= 15 is 0 Å². The largest absolute Gasteiger partial charge is 0.265 e. The highest BCUT2D eigenvalue weighted by Crippen LogP contribution is 2.16. The molecule has 148 valence electrons. The number of rotatable bonds is 2. The van der Waals surface area contributed by atoms with Crippen molar-refractivity contribution in [1.29, 1.82) is 0 Å². The monoisotopic (exact) mass is 632 g/mol. The Labute approximate surface area is 207 Å². The molecule has 4 nitrogen and oxygen atoms in total. The van der Waals surface area contributed by atoms with Crippen molar-refractivity contribution < 1.29 is 0 Å². The molecule has 0 aromatic carbocycles. The van der Waals surface area contributed by atoms with Gasteiger partial charge in [-0.1, -0.05) is 0 Å². The van der Waals surface area contributed by atoms with E-state index in [1.54, 1.807) is 49.6 Å². The van der Waals surface area contributed by atoms with Crippen LogP contribution in [0.3, 0.4) is 0 Å². The summed E-state index contributed by atoms with van der Waals surface area (Å²) in [5, 5.41) is 0. The van der Waals surface area contributed by atoms with Crippen molar-refractivity contribution in [3.05, 3.63) is 98.1 Å². The van der Waals surface area contributed by atoms with Crippen LogP contribution in [0.1, 0.15) is 0 Å². The number of halogens is 4. The second-order valence-corrected chi connectivity index (χ2v) is 4.94. The summed E-state index contributed by atoms with van der Waals surface area (Å²) >= 11 is 0. The molecule has 0 aliphatic rings. The van der Waals surface area contributed by atoms with E-state index in [0.717, 1.165) is 0 Å². The number of hydrogen-bond donors (Lipinski definition) is 0. The molecule has 0 bridgehead atoms. The molecule has 0 unspecified atom stereocenters. The molecule has 0 spiro atoms. The quantitative estimate of drug-likeness (QED) is 0.249. The third kappa shape index (κ3) is 9.14. The number of pyridine rings is 4. The smallest absolute Gasteiger partial charge is 0.0273 e. The lowest BCUT2D eigenvalue weighted by atomic mass is 10.1. The van der Waals surface area contributed by atoms with E-state index in [9.17, 15) is 0 Å². The third-order valence-corrected chi connectivity index (χ3v) is 3.39. The maximum Gasteiger partial charge on any atom is 0.0273 e. The van der Waals surface area contributed by atoms with Crippen molar-refractivity contribution in [1.82, 2.24) is 19.9 Å². The molecule has 4 aromatic heterocycles. The molecular weight excluding hydrogens is 616 g/mol. The van der Waals surface area contributed by atoms with E-state index in [1.807, 2.05) is 48.5 Å². The minimum Gasteiger partial charge on any atom is -0.265 e. The topological polar surface area (TPSA) is 51.6 Å². The van der Waals surface area contributed by atoms with Gasteiger partial charge in [-0.05, 0) is 70.8 Å². The lowest BCUT2D eigenvalue weighted by Gasteiger charge is -1.97. The van der Waals surface area contributed by atoms with Crippen molar-refractivity contribution >= 4 is 67.9 Å². The number of nitrogens with zero attached hydrogens (tertiary/aromatic N) is 4. The van der Waals surface area contributed by atoms with Gasteiger partial charge in [0.05, 0.1) is 0 Å². The Morgan fingerprint density at radius 1 is 0.286 bits per heavy atom. The van der Waals surface area contributed by atoms with E-state index in [1.165, 1.54) is 22.3 Å². The Hall–Kier alpha value is -1.48. The third-order valence-electron chi connectivity index (χ3n) is 3.39. The van der Waals surface area contributed by atoms with Gasteiger partial charge in [-0.2, -0.15) is 0 Å². The highest BCUT2D eigenvalue weighted by atomic mass is 79.9. The maximum absolute atomic E-state index is 3.96. The molecule has 4 aromatic rings. The molecule has 0 aliphatic carbocycles. The van der Waals surface area contributed by atoms with Gasteiger partial charge in [0.15, 0.2) is 0 Å². The van der Waals surface area contributed by atoms with Crippen molar-refractivity contribution in [2.45, 2.75) is 0 Å². The van der Waals surface area contributed by atoms with Gasteiger partial charge >= 0.3 is 0 Å². The summed E-state index contributed by atoms with van der Waals surface area (Å²) in [6, 6.07) is 15.9. The Bertz CT molecular complexity index is 702. The molecule has 0 N–H and O–H groups in total. The zero-order valence-electron chi connectivity index (χ0n) is 14.7. The molecule has 0 amide bonds. The first-order valence-electron chi connectivity index (χ1n) is 7.54. The van der Waals surface area contributed by atoms with Crippen LogP contribution < -0.4 is 0 Å². The van der Waals surface area contributed by atoms with Crippen LogP contribution in [-0.2, 0) is 0 Å². The normalized spacial score (nSPS) is 8.29. The molecule has 0 saturated heterocycles. The van der Waals surface area contributed by atoms with Gasteiger partial charge in [0.2, 0.25) is 0 Å². The van der Waals surface area contributed by atoms with Crippen LogP contribution in [0.15, 0.2) is 98.1 Å². The van der Waals surface area contributed by atoms with E-state index in [4.69, 9.17) is 0 Å². The zero-order chi connectivity index (χ0) is 16.5. The van der Waals surface area contributed by atoms with E-state index in [0.29, 0.717) is 0 Å². The molecule has 4 heterocycles. The Balaban J connectivity index is 0. The van der Waals surface area contributed by atoms with Gasteiger partial charge in [-0.15, -0.1) is 67.9 Å². The molecule has 28 heavy (non-hydrogen) atoms. The van der Waals surface area contributed by atoms with Gasteiger partial charge in [0, 0.05) is 49.6 Å². The van der Waals surface area contributed by atoms with Crippen LogP contribution in [-0.4, -0.2) is 19.9 Å². The predicted molar refractivity (Wildman–Crippen MR) is 136 cm³/mol. The second-order valence-electron chi connectivity index (χ2n) is 4.94. The summed E-state index contributed by atoms with van der Waals surface area (Å²) in [4.78, 5) is 15.8. The lowest BCUT2D eigenvalue weighted by molar-refractivity contribution is 1.31. The standard InChI is InChI=1S/2C10H8N2.4BrH/c2*1-5-11-6-2-9(1)10-3-7-12-8-4-10;;;;/h2*1-8H;4*1H. The average Bonchev–Trinajstić information content (AvgIpc) is 2.71. The van der Waals surface area contributed by atoms with Gasteiger partial charge in [-0.25, -0.2) is 0 Å². The Morgan fingerprint density at radius 2 is 0.429 bits per heavy atom. The first-order valence-corrected chi connectivity index (χ1v) is 7.54. The lowest BCUT2D eigenvalue weighted by Crippen LogP contribution is -1.77. The van der Waals surface area contributed by atoms with E-state index in [2.05, 4.69) is 19.9 Å². The van der Waals surface area contributed by atoms with Crippen LogP contribution in [0, 0.1) is 0 Å². The molecule has 0 fully saturated rings. The molecule has 0 atom stereocenters. The molecule has 0 aliphatic heterocycles. The number of aromatic nitrogens is 4. The Kier molecular flexibility index (Phi) is 16.9. The van der Waals surface area contributed by atoms with E-state index in [-0.39, 0.29) is 67.9 Å². The summed E-state index contributed by atoms with van der Waals surface area (Å²) in [7, 11) is 0. The van der Waals surface area contributed by atoms with Gasteiger partial charge in [-0.3, -0.25) is 19.9 Å². The van der Waals surface area contributed by atoms with Crippen molar-refractivity contribution in [3.63, 3.8) is 0 Å². The Morgan fingerprint density at radius 3 is 0.571 bits per heavy atom. The van der Waals surface area contributed by atoms with Gasteiger partial charge in [0.25, 0.3) is 0 Å². The van der Waals surface area contributed by atoms with Gasteiger partial charge < -0.3 is 0 Å². The SMILES string of the molecule is Br.Br.Br.Br.c1cc(-c2ccncc2)ccn1.c1cc(-c2ccncc2)ccn1. The maximum atomic E-state index is 3.96. The zero-order valence-corrected chi connectivity index (χ0v) is 21.5. The first kappa shape index (κ1) is 28.7. The highest BCUT2D eigenvalue weighted by Gasteiger charge is 1.93. The summed E-state index contributed by atoms with van der Waals surface area (Å²) in [6.07, 6.45) is 14.3. The van der Waals surface area contributed by atoms with Crippen LogP contribution in [0.4, 0.5) is 0 Å². The van der Waals surface area contributed by atoms with Crippen LogP contribution >= 0.6 is 67.9 Å². The highest BCUT2D eigenvalue weighted by molar-refractivity contribution is 8.93. The second kappa shape index (κ2) is 16.5.